The molecule has 0 heterocycles. The molecule has 1 aromatic rings. The summed E-state index contributed by atoms with van der Waals surface area (Å²) in [5, 5.41) is 8.45. The number of esters is 2. The fourth-order valence-corrected chi connectivity index (χ4v) is 1.53. The van der Waals surface area contributed by atoms with E-state index in [0.717, 1.165) is 5.56 Å². The van der Waals surface area contributed by atoms with Crippen molar-refractivity contribution < 1.29 is 29.0 Å². The van der Waals surface area contributed by atoms with Crippen LogP contribution in [0.5, 0.6) is 0 Å². The van der Waals surface area contributed by atoms with Crippen LogP contribution in [0.2, 0.25) is 0 Å². The highest BCUT2D eigenvalue weighted by molar-refractivity contribution is 5.79. The van der Waals surface area contributed by atoms with Crippen molar-refractivity contribution >= 4 is 17.9 Å². The number of ether oxygens (including phenoxy) is 2. The fraction of sp³-hybridized carbons (Fsp3) is 0.400. The molecule has 6 heteroatoms. The van der Waals surface area contributed by atoms with E-state index in [1.54, 1.807) is 0 Å². The van der Waals surface area contributed by atoms with Gasteiger partial charge in [-0.2, -0.15) is 0 Å². The number of hydrogen-bond donors (Lipinski definition) is 1. The van der Waals surface area contributed by atoms with Gasteiger partial charge in [0.2, 0.25) is 0 Å². The molecule has 0 saturated heterocycles. The summed E-state index contributed by atoms with van der Waals surface area (Å²) in [5.74, 6) is -2.22. The zero-order chi connectivity index (χ0) is 15.7. The number of aliphatic carboxylic acids is 1. The second kappa shape index (κ2) is 8.73. The first kappa shape index (κ1) is 16.7. The minimum atomic E-state index is -1.01. The lowest BCUT2D eigenvalue weighted by Gasteiger charge is -2.12. The summed E-state index contributed by atoms with van der Waals surface area (Å²) in [5.41, 5.74) is 0.839. The molecule has 0 unspecified atom stereocenters. The number of benzene rings is 1. The van der Waals surface area contributed by atoms with Crippen LogP contribution in [0.1, 0.15) is 31.7 Å². The molecule has 0 aliphatic rings. The second-order valence-electron chi connectivity index (χ2n) is 4.47. The highest BCUT2D eigenvalue weighted by Crippen LogP contribution is 2.05. The third-order valence-corrected chi connectivity index (χ3v) is 2.64. The van der Waals surface area contributed by atoms with E-state index in [4.69, 9.17) is 14.6 Å². The Balaban J connectivity index is 2.27. The minimum absolute atomic E-state index is 0.0391. The van der Waals surface area contributed by atoms with E-state index in [9.17, 15) is 14.4 Å². The summed E-state index contributed by atoms with van der Waals surface area (Å²) in [6, 6.07) is 9.14. The van der Waals surface area contributed by atoms with Gasteiger partial charge < -0.3 is 14.6 Å². The summed E-state index contributed by atoms with van der Waals surface area (Å²) >= 11 is 0. The van der Waals surface area contributed by atoms with Crippen LogP contribution >= 0.6 is 0 Å². The van der Waals surface area contributed by atoms with Crippen molar-refractivity contribution in [3.8, 4) is 0 Å². The van der Waals surface area contributed by atoms with Gasteiger partial charge in [0.1, 0.15) is 6.61 Å². The number of carboxylic acids is 1. The Morgan fingerprint density at radius 3 is 2.43 bits per heavy atom. The van der Waals surface area contributed by atoms with E-state index in [0.29, 0.717) is 0 Å². The maximum absolute atomic E-state index is 11.6. The van der Waals surface area contributed by atoms with Crippen LogP contribution in [0.3, 0.4) is 0 Å². The molecule has 0 aromatic heterocycles. The SMILES string of the molecule is C[C@H](OC(=O)CCCC(=O)O)C(=O)OCc1ccccc1. The summed E-state index contributed by atoms with van der Waals surface area (Å²) in [6.07, 6.45) is -0.976. The summed E-state index contributed by atoms with van der Waals surface area (Å²) in [4.78, 5) is 33.3. The predicted molar refractivity (Wildman–Crippen MR) is 73.3 cm³/mol. The van der Waals surface area contributed by atoms with E-state index in [2.05, 4.69) is 0 Å². The van der Waals surface area contributed by atoms with Gasteiger partial charge in [0.25, 0.3) is 0 Å². The molecule has 0 fully saturated rings. The van der Waals surface area contributed by atoms with Crippen LogP contribution in [-0.4, -0.2) is 29.1 Å². The van der Waals surface area contributed by atoms with E-state index in [1.165, 1.54) is 6.92 Å². The van der Waals surface area contributed by atoms with Gasteiger partial charge in [0.05, 0.1) is 0 Å². The first-order chi connectivity index (χ1) is 9.99. The van der Waals surface area contributed by atoms with Gasteiger partial charge in [0.15, 0.2) is 6.10 Å². The monoisotopic (exact) mass is 294 g/mol. The van der Waals surface area contributed by atoms with Gasteiger partial charge in [-0.05, 0) is 18.9 Å². The van der Waals surface area contributed by atoms with Gasteiger partial charge >= 0.3 is 17.9 Å². The van der Waals surface area contributed by atoms with Crippen molar-refractivity contribution in [1.82, 2.24) is 0 Å². The lowest BCUT2D eigenvalue weighted by atomic mass is 10.2. The number of carboxylic acid groups (broad SMARTS) is 1. The molecule has 0 saturated carbocycles. The minimum Gasteiger partial charge on any atom is -0.481 e. The molecule has 0 aliphatic heterocycles. The molecule has 0 bridgehead atoms. The van der Waals surface area contributed by atoms with E-state index in [-0.39, 0.29) is 25.9 Å². The highest BCUT2D eigenvalue weighted by Gasteiger charge is 2.19. The molecule has 1 N–H and O–H groups in total. The Labute approximate surface area is 122 Å². The third-order valence-electron chi connectivity index (χ3n) is 2.64. The molecule has 1 atom stereocenters. The summed E-state index contributed by atoms with van der Waals surface area (Å²) in [6.45, 7) is 1.53. The topological polar surface area (TPSA) is 89.9 Å². The third kappa shape index (κ3) is 7.10. The van der Waals surface area contributed by atoms with Gasteiger partial charge in [0, 0.05) is 12.8 Å². The molecule has 0 amide bonds. The Morgan fingerprint density at radius 2 is 1.81 bits per heavy atom. The Morgan fingerprint density at radius 1 is 1.14 bits per heavy atom. The molecule has 1 aromatic carbocycles. The molecule has 0 aliphatic carbocycles. The summed E-state index contributed by atoms with van der Waals surface area (Å²) in [7, 11) is 0. The zero-order valence-corrected chi connectivity index (χ0v) is 11.8. The Kier molecular flexibility index (Phi) is 6.94. The van der Waals surface area contributed by atoms with Crippen molar-refractivity contribution in [2.24, 2.45) is 0 Å². The quantitative estimate of drug-likeness (QED) is 0.737. The highest BCUT2D eigenvalue weighted by atomic mass is 16.6. The Bertz CT molecular complexity index is 482. The Hall–Kier alpha value is -2.37. The predicted octanol–water partition coefficient (Wildman–Crippen LogP) is 1.92. The normalized spacial score (nSPS) is 11.5. The van der Waals surface area contributed by atoms with E-state index < -0.39 is 24.0 Å². The largest absolute Gasteiger partial charge is 0.481 e. The van der Waals surface area contributed by atoms with Crippen LogP contribution in [0.25, 0.3) is 0 Å². The average Bonchev–Trinajstić information content (AvgIpc) is 2.45. The molecule has 21 heavy (non-hydrogen) atoms. The molecule has 1 rings (SSSR count). The van der Waals surface area contributed by atoms with Crippen LogP contribution in [-0.2, 0) is 30.5 Å². The molecular formula is C15H18O6. The maximum Gasteiger partial charge on any atom is 0.347 e. The number of carbonyl (C=O) groups is 3. The molecule has 0 radical (unpaired) electrons. The average molecular weight is 294 g/mol. The van der Waals surface area contributed by atoms with Crippen LogP contribution in [0, 0.1) is 0 Å². The number of carbonyl (C=O) groups excluding carboxylic acids is 2. The molecule has 114 valence electrons. The fourth-order valence-electron chi connectivity index (χ4n) is 1.53. The standard InChI is InChI=1S/C15H18O6/c1-11(21-14(18)9-5-8-13(16)17)15(19)20-10-12-6-3-2-4-7-12/h2-4,6-7,11H,5,8-10H2,1H3,(H,16,17)/t11-/m0/s1. The lowest BCUT2D eigenvalue weighted by Crippen LogP contribution is -2.26. The van der Waals surface area contributed by atoms with Crippen LogP contribution < -0.4 is 0 Å². The van der Waals surface area contributed by atoms with Crippen LogP contribution in [0.4, 0.5) is 0 Å². The smallest absolute Gasteiger partial charge is 0.347 e. The summed E-state index contributed by atoms with van der Waals surface area (Å²) < 4.78 is 9.90. The van der Waals surface area contributed by atoms with Gasteiger partial charge in [-0.25, -0.2) is 4.79 Å². The second-order valence-corrected chi connectivity index (χ2v) is 4.47. The first-order valence-electron chi connectivity index (χ1n) is 6.61. The van der Waals surface area contributed by atoms with E-state index >= 15 is 0 Å². The van der Waals surface area contributed by atoms with Crippen molar-refractivity contribution in [3.63, 3.8) is 0 Å². The maximum atomic E-state index is 11.6. The van der Waals surface area contributed by atoms with Gasteiger partial charge in [-0.1, -0.05) is 30.3 Å². The number of hydrogen-bond acceptors (Lipinski definition) is 5. The van der Waals surface area contributed by atoms with Crippen molar-refractivity contribution in [2.75, 3.05) is 0 Å². The van der Waals surface area contributed by atoms with Gasteiger partial charge in [-0.15, -0.1) is 0 Å². The van der Waals surface area contributed by atoms with Crippen molar-refractivity contribution in [2.45, 2.75) is 38.9 Å². The van der Waals surface area contributed by atoms with Crippen LogP contribution in [0.15, 0.2) is 30.3 Å². The zero-order valence-electron chi connectivity index (χ0n) is 11.8. The lowest BCUT2D eigenvalue weighted by molar-refractivity contribution is -0.167. The van der Waals surface area contributed by atoms with Crippen molar-refractivity contribution in [1.29, 1.82) is 0 Å². The van der Waals surface area contributed by atoms with E-state index in [1.807, 2.05) is 30.3 Å². The number of rotatable bonds is 8. The molecular weight excluding hydrogens is 276 g/mol. The first-order valence-corrected chi connectivity index (χ1v) is 6.61. The molecule has 6 nitrogen and oxygen atoms in total. The molecule has 0 spiro atoms. The van der Waals surface area contributed by atoms with Crippen molar-refractivity contribution in [3.05, 3.63) is 35.9 Å². The van der Waals surface area contributed by atoms with Gasteiger partial charge in [-0.3, -0.25) is 9.59 Å².